The minimum absolute atomic E-state index is 0.00957. The van der Waals surface area contributed by atoms with Crippen molar-refractivity contribution in [2.45, 2.75) is 32.7 Å². The fraction of sp³-hybridized carbons (Fsp3) is 0.579. The third-order valence-corrected chi connectivity index (χ3v) is 5.34. The summed E-state index contributed by atoms with van der Waals surface area (Å²) in [5.41, 5.74) is -0.234. The Labute approximate surface area is 151 Å². The maximum Gasteiger partial charge on any atom is 0.254 e. The van der Waals surface area contributed by atoms with Crippen LogP contribution in [0.2, 0.25) is 0 Å². The van der Waals surface area contributed by atoms with E-state index >= 15 is 0 Å². The van der Waals surface area contributed by atoms with Crippen LogP contribution in [-0.4, -0.2) is 49.1 Å². The Morgan fingerprint density at radius 2 is 1.92 bits per heavy atom. The predicted molar refractivity (Wildman–Crippen MR) is 91.5 cm³/mol. The maximum atomic E-state index is 13.5. The number of amides is 2. The van der Waals surface area contributed by atoms with Crippen molar-refractivity contribution in [2.24, 2.45) is 11.3 Å². The molecule has 0 unspecified atom stereocenters. The molecular weight excluding hydrogens is 342 g/mol. The summed E-state index contributed by atoms with van der Waals surface area (Å²) in [4.78, 5) is 27.1. The van der Waals surface area contributed by atoms with Crippen molar-refractivity contribution in [1.82, 2.24) is 10.2 Å². The average molecular weight is 366 g/mol. The highest BCUT2D eigenvalue weighted by atomic mass is 19.2. The van der Waals surface area contributed by atoms with Crippen molar-refractivity contribution < 1.29 is 23.1 Å². The Balaban J connectivity index is 1.84. The standard InChI is InChI=1S/C19H24F2N2O3/c1-12(2)22-17(24)14-10-23(11-19(14)5-7-26-8-6-19)18(25)13-3-4-15(20)16(21)9-13/h3-4,9,12,14H,5-8,10-11H2,1-2H3,(H,22,24)/t14-/m0/s1. The fourth-order valence-corrected chi connectivity index (χ4v) is 3.97. The van der Waals surface area contributed by atoms with Gasteiger partial charge in [0, 0.05) is 43.3 Å². The van der Waals surface area contributed by atoms with E-state index in [0.717, 1.165) is 12.1 Å². The quantitative estimate of drug-likeness (QED) is 0.893. The van der Waals surface area contributed by atoms with Gasteiger partial charge in [-0.25, -0.2) is 8.78 Å². The lowest BCUT2D eigenvalue weighted by Gasteiger charge is -2.37. The lowest BCUT2D eigenvalue weighted by atomic mass is 9.71. The largest absolute Gasteiger partial charge is 0.381 e. The van der Waals surface area contributed by atoms with E-state index in [1.807, 2.05) is 13.8 Å². The first-order valence-electron chi connectivity index (χ1n) is 8.95. The van der Waals surface area contributed by atoms with Gasteiger partial charge in [0.05, 0.1) is 5.92 Å². The number of benzene rings is 1. The normalized spacial score (nSPS) is 22.0. The Hall–Kier alpha value is -2.02. The summed E-state index contributed by atoms with van der Waals surface area (Å²) in [6.07, 6.45) is 1.40. The Kier molecular flexibility index (Phi) is 5.27. The van der Waals surface area contributed by atoms with Crippen molar-refractivity contribution in [3.05, 3.63) is 35.4 Å². The van der Waals surface area contributed by atoms with Gasteiger partial charge in [0.1, 0.15) is 0 Å². The van der Waals surface area contributed by atoms with Crippen molar-refractivity contribution in [3.8, 4) is 0 Å². The van der Waals surface area contributed by atoms with E-state index in [1.54, 1.807) is 4.90 Å². The lowest BCUT2D eigenvalue weighted by molar-refractivity contribution is -0.130. The smallest absolute Gasteiger partial charge is 0.254 e. The van der Waals surface area contributed by atoms with Crippen molar-refractivity contribution >= 4 is 11.8 Å². The molecule has 2 aliphatic rings. The molecule has 0 aromatic heterocycles. The predicted octanol–water partition coefficient (Wildman–Crippen LogP) is 2.36. The Morgan fingerprint density at radius 1 is 1.23 bits per heavy atom. The molecule has 1 spiro atoms. The number of nitrogens with zero attached hydrogens (tertiary/aromatic N) is 1. The minimum Gasteiger partial charge on any atom is -0.381 e. The molecular formula is C19H24F2N2O3. The molecule has 3 rings (SSSR count). The summed E-state index contributed by atoms with van der Waals surface area (Å²) in [5.74, 6) is -2.82. The second kappa shape index (κ2) is 7.31. The lowest BCUT2D eigenvalue weighted by Crippen LogP contribution is -2.46. The van der Waals surface area contributed by atoms with Crippen LogP contribution in [0.4, 0.5) is 8.78 Å². The Bertz CT molecular complexity index is 702. The summed E-state index contributed by atoms with van der Waals surface area (Å²) >= 11 is 0. The van der Waals surface area contributed by atoms with E-state index in [-0.39, 0.29) is 41.3 Å². The van der Waals surface area contributed by atoms with Crippen molar-refractivity contribution in [1.29, 1.82) is 0 Å². The molecule has 2 amide bonds. The number of carbonyl (C=O) groups is 2. The second-order valence-electron chi connectivity index (χ2n) is 7.51. The summed E-state index contributed by atoms with van der Waals surface area (Å²) in [6.45, 7) is 5.60. The topological polar surface area (TPSA) is 58.6 Å². The molecule has 142 valence electrons. The number of ether oxygens (including phenoxy) is 1. The zero-order valence-corrected chi connectivity index (χ0v) is 15.1. The summed E-state index contributed by atoms with van der Waals surface area (Å²) in [5, 5.41) is 2.94. The minimum atomic E-state index is -1.05. The molecule has 7 heteroatoms. The zero-order valence-electron chi connectivity index (χ0n) is 15.1. The highest BCUT2D eigenvalue weighted by Gasteiger charge is 2.51. The molecule has 2 fully saturated rings. The van der Waals surface area contributed by atoms with Crippen LogP contribution in [-0.2, 0) is 9.53 Å². The maximum absolute atomic E-state index is 13.5. The number of rotatable bonds is 3. The molecule has 1 aromatic rings. The third-order valence-electron chi connectivity index (χ3n) is 5.34. The number of carbonyl (C=O) groups excluding carboxylic acids is 2. The van der Waals surface area contributed by atoms with Gasteiger partial charge in [-0.3, -0.25) is 9.59 Å². The van der Waals surface area contributed by atoms with E-state index < -0.39 is 11.6 Å². The highest BCUT2D eigenvalue weighted by molar-refractivity contribution is 5.95. The van der Waals surface area contributed by atoms with Gasteiger partial charge in [-0.1, -0.05) is 0 Å². The monoisotopic (exact) mass is 366 g/mol. The van der Waals surface area contributed by atoms with E-state index in [2.05, 4.69) is 5.32 Å². The SMILES string of the molecule is CC(C)NC(=O)[C@@H]1CN(C(=O)c2ccc(F)c(F)c2)CC12CCOCC2. The first kappa shape index (κ1) is 18.8. The summed E-state index contributed by atoms with van der Waals surface area (Å²) < 4.78 is 32.1. The molecule has 2 saturated heterocycles. The van der Waals surface area contributed by atoms with E-state index in [9.17, 15) is 18.4 Å². The molecule has 0 aliphatic carbocycles. The van der Waals surface area contributed by atoms with Gasteiger partial charge < -0.3 is 15.0 Å². The number of halogens is 2. The van der Waals surface area contributed by atoms with Crippen LogP contribution in [0, 0.1) is 23.0 Å². The van der Waals surface area contributed by atoms with E-state index in [4.69, 9.17) is 4.74 Å². The van der Waals surface area contributed by atoms with Gasteiger partial charge in [0.15, 0.2) is 11.6 Å². The molecule has 5 nitrogen and oxygen atoms in total. The molecule has 26 heavy (non-hydrogen) atoms. The van der Waals surface area contributed by atoms with Crippen LogP contribution in [0.1, 0.15) is 37.0 Å². The highest BCUT2D eigenvalue weighted by Crippen LogP contribution is 2.44. The molecule has 0 saturated carbocycles. The molecule has 2 aliphatic heterocycles. The van der Waals surface area contributed by atoms with Gasteiger partial charge in [0.25, 0.3) is 5.91 Å². The van der Waals surface area contributed by atoms with Crippen LogP contribution in [0.15, 0.2) is 18.2 Å². The van der Waals surface area contributed by atoms with Crippen LogP contribution >= 0.6 is 0 Å². The zero-order chi connectivity index (χ0) is 18.9. The van der Waals surface area contributed by atoms with Gasteiger partial charge in [-0.2, -0.15) is 0 Å². The van der Waals surface area contributed by atoms with E-state index in [0.29, 0.717) is 32.6 Å². The van der Waals surface area contributed by atoms with E-state index in [1.165, 1.54) is 6.07 Å². The first-order valence-corrected chi connectivity index (χ1v) is 8.95. The number of likely N-dealkylation sites (tertiary alicyclic amines) is 1. The Morgan fingerprint density at radius 3 is 2.54 bits per heavy atom. The number of hydrogen-bond donors (Lipinski definition) is 1. The van der Waals surface area contributed by atoms with Gasteiger partial charge >= 0.3 is 0 Å². The molecule has 1 N–H and O–H groups in total. The van der Waals surface area contributed by atoms with Crippen LogP contribution in [0.3, 0.4) is 0 Å². The second-order valence-corrected chi connectivity index (χ2v) is 7.51. The molecule has 1 atom stereocenters. The van der Waals surface area contributed by atoms with Gasteiger partial charge in [-0.15, -0.1) is 0 Å². The van der Waals surface area contributed by atoms with Crippen LogP contribution < -0.4 is 5.32 Å². The molecule has 0 bridgehead atoms. The third kappa shape index (κ3) is 3.58. The summed E-state index contributed by atoms with van der Waals surface area (Å²) in [7, 11) is 0. The van der Waals surface area contributed by atoms with Crippen LogP contribution in [0.5, 0.6) is 0 Å². The number of nitrogens with one attached hydrogen (secondary N) is 1. The summed E-state index contributed by atoms with van der Waals surface area (Å²) in [6, 6.07) is 3.15. The van der Waals surface area contributed by atoms with Gasteiger partial charge in [0.2, 0.25) is 5.91 Å². The molecule has 2 heterocycles. The van der Waals surface area contributed by atoms with Crippen LogP contribution in [0.25, 0.3) is 0 Å². The number of hydrogen-bond acceptors (Lipinski definition) is 3. The van der Waals surface area contributed by atoms with Crippen molar-refractivity contribution in [2.75, 3.05) is 26.3 Å². The molecule has 0 radical (unpaired) electrons. The fourth-order valence-electron chi connectivity index (χ4n) is 3.97. The first-order chi connectivity index (χ1) is 12.3. The molecule has 1 aromatic carbocycles. The average Bonchev–Trinajstić information content (AvgIpc) is 2.95. The van der Waals surface area contributed by atoms with Crippen molar-refractivity contribution in [3.63, 3.8) is 0 Å². The van der Waals surface area contributed by atoms with Gasteiger partial charge in [-0.05, 0) is 44.9 Å².